The molecule has 7 heteroatoms. The van der Waals surface area contributed by atoms with E-state index in [1.165, 1.54) is 19.3 Å². The number of nitrogens with one attached hydrogen (secondary N) is 2. The number of carbonyl (C=O) groups excluding carboxylic acids is 3. The lowest BCUT2D eigenvalue weighted by Gasteiger charge is -2.33. The Kier molecular flexibility index (Phi) is 4.45. The maximum atomic E-state index is 13.0. The highest BCUT2D eigenvalue weighted by Crippen LogP contribution is 2.32. The molecule has 0 aromatic heterocycles. The molecule has 27 heavy (non-hydrogen) atoms. The summed E-state index contributed by atoms with van der Waals surface area (Å²) in [6.07, 6.45) is 6.51. The van der Waals surface area contributed by atoms with Crippen LogP contribution in [0.2, 0.25) is 0 Å². The van der Waals surface area contributed by atoms with Crippen molar-refractivity contribution >= 4 is 29.2 Å². The Morgan fingerprint density at radius 2 is 1.74 bits per heavy atom. The third kappa shape index (κ3) is 3.01. The summed E-state index contributed by atoms with van der Waals surface area (Å²) in [5, 5.41) is 10.4. The maximum Gasteiger partial charge on any atom is 0.262 e. The Hall–Kier alpha value is -2.70. The number of carbonyl (C=O) groups is 3. The minimum Gasteiger partial charge on any atom is -0.372 e. The van der Waals surface area contributed by atoms with Gasteiger partial charge in [-0.15, -0.1) is 0 Å². The molecule has 3 aliphatic rings. The standard InChI is InChI=1S/C20H24N4O3/c1-23(12-5-3-2-4-6-12)13-7-8-14-15(11-13)20(27)24(19(14)26)16-9-10-17(25)22-18(16)21/h7-8,11-12,16H,2-6,9-10H2,1H3,(H2,21,22,25). The summed E-state index contributed by atoms with van der Waals surface area (Å²) in [5.41, 5.74) is 1.71. The number of benzene rings is 1. The van der Waals surface area contributed by atoms with Crippen LogP contribution in [0, 0.1) is 5.41 Å². The number of amidine groups is 1. The topological polar surface area (TPSA) is 93.6 Å². The highest BCUT2D eigenvalue weighted by Gasteiger charge is 2.43. The summed E-state index contributed by atoms with van der Waals surface area (Å²) in [5.74, 6) is -1.09. The van der Waals surface area contributed by atoms with Crippen LogP contribution in [-0.2, 0) is 4.79 Å². The van der Waals surface area contributed by atoms with Gasteiger partial charge in [-0.2, -0.15) is 0 Å². The van der Waals surface area contributed by atoms with Crippen molar-refractivity contribution < 1.29 is 14.4 Å². The number of anilines is 1. The van der Waals surface area contributed by atoms with Gasteiger partial charge in [0.1, 0.15) is 5.84 Å². The van der Waals surface area contributed by atoms with Gasteiger partial charge in [0, 0.05) is 25.2 Å². The van der Waals surface area contributed by atoms with E-state index >= 15 is 0 Å². The Morgan fingerprint density at radius 3 is 2.44 bits per heavy atom. The van der Waals surface area contributed by atoms with Crippen molar-refractivity contribution in [1.29, 1.82) is 5.41 Å². The summed E-state index contributed by atoms with van der Waals surface area (Å²) >= 11 is 0. The fourth-order valence-electron chi connectivity index (χ4n) is 4.40. The molecule has 0 spiro atoms. The van der Waals surface area contributed by atoms with Crippen LogP contribution in [-0.4, -0.2) is 47.6 Å². The lowest BCUT2D eigenvalue weighted by atomic mass is 9.94. The first-order chi connectivity index (χ1) is 13.0. The molecule has 0 radical (unpaired) electrons. The van der Waals surface area contributed by atoms with E-state index in [0.717, 1.165) is 23.4 Å². The van der Waals surface area contributed by atoms with Crippen molar-refractivity contribution in [1.82, 2.24) is 10.2 Å². The number of rotatable bonds is 3. The van der Waals surface area contributed by atoms with Crippen molar-refractivity contribution in [3.05, 3.63) is 29.3 Å². The van der Waals surface area contributed by atoms with E-state index in [9.17, 15) is 14.4 Å². The van der Waals surface area contributed by atoms with Crippen LogP contribution in [0.25, 0.3) is 0 Å². The second-order valence-electron chi connectivity index (χ2n) is 7.63. The number of piperidine rings is 1. The van der Waals surface area contributed by atoms with Crippen molar-refractivity contribution in [2.24, 2.45) is 0 Å². The van der Waals surface area contributed by atoms with Gasteiger partial charge in [0.25, 0.3) is 11.8 Å². The molecular formula is C20H24N4O3. The van der Waals surface area contributed by atoms with E-state index in [1.807, 2.05) is 13.1 Å². The SMILES string of the molecule is CN(c1ccc2c(c1)C(=O)N(C1CCC(=O)NC1=N)C2=O)C1CCCCC1. The third-order valence-electron chi connectivity index (χ3n) is 6.00. The van der Waals surface area contributed by atoms with Crippen molar-refractivity contribution in [2.75, 3.05) is 11.9 Å². The first-order valence-electron chi connectivity index (χ1n) is 9.60. The van der Waals surface area contributed by atoms with Crippen molar-refractivity contribution in [3.63, 3.8) is 0 Å². The predicted molar refractivity (Wildman–Crippen MR) is 101 cm³/mol. The normalized spacial score (nSPS) is 23.4. The number of imide groups is 1. The van der Waals surface area contributed by atoms with Gasteiger partial charge in [-0.1, -0.05) is 19.3 Å². The van der Waals surface area contributed by atoms with Crippen LogP contribution in [0.4, 0.5) is 5.69 Å². The average Bonchev–Trinajstić information content (AvgIpc) is 2.92. The molecule has 1 saturated heterocycles. The molecule has 2 aliphatic heterocycles. The molecule has 1 unspecified atom stereocenters. The molecular weight excluding hydrogens is 344 g/mol. The van der Waals surface area contributed by atoms with Gasteiger partial charge in [0.15, 0.2) is 0 Å². The van der Waals surface area contributed by atoms with Crippen LogP contribution in [0.5, 0.6) is 0 Å². The van der Waals surface area contributed by atoms with E-state index in [2.05, 4.69) is 10.2 Å². The summed E-state index contributed by atoms with van der Waals surface area (Å²) in [7, 11) is 2.04. The van der Waals surface area contributed by atoms with Crippen LogP contribution < -0.4 is 10.2 Å². The summed E-state index contributed by atoms with van der Waals surface area (Å²) in [6, 6.07) is 5.18. The van der Waals surface area contributed by atoms with Gasteiger partial charge in [0.05, 0.1) is 17.2 Å². The van der Waals surface area contributed by atoms with E-state index in [1.54, 1.807) is 12.1 Å². The van der Waals surface area contributed by atoms with E-state index in [-0.39, 0.29) is 30.0 Å². The zero-order chi connectivity index (χ0) is 19.1. The molecule has 1 aromatic carbocycles. The van der Waals surface area contributed by atoms with Crippen molar-refractivity contribution in [2.45, 2.75) is 57.0 Å². The quantitative estimate of drug-likeness (QED) is 0.801. The first kappa shape index (κ1) is 17.7. The minimum absolute atomic E-state index is 0.0831. The molecule has 3 amide bonds. The number of nitrogens with zero attached hydrogens (tertiary/aromatic N) is 2. The lowest BCUT2D eigenvalue weighted by molar-refractivity contribution is -0.120. The number of fused-ring (bicyclic) bond motifs is 1. The Morgan fingerprint density at radius 1 is 1.04 bits per heavy atom. The monoisotopic (exact) mass is 368 g/mol. The van der Waals surface area contributed by atoms with Crippen LogP contribution in [0.3, 0.4) is 0 Å². The van der Waals surface area contributed by atoms with Gasteiger partial charge in [-0.05, 0) is 37.5 Å². The van der Waals surface area contributed by atoms with Gasteiger partial charge in [-0.3, -0.25) is 24.7 Å². The largest absolute Gasteiger partial charge is 0.372 e. The zero-order valence-electron chi connectivity index (χ0n) is 15.5. The molecule has 1 atom stereocenters. The van der Waals surface area contributed by atoms with Crippen molar-refractivity contribution in [3.8, 4) is 0 Å². The molecule has 7 nitrogen and oxygen atoms in total. The smallest absolute Gasteiger partial charge is 0.262 e. The number of amides is 3. The van der Waals surface area contributed by atoms with E-state index in [0.29, 0.717) is 23.6 Å². The molecule has 1 saturated carbocycles. The molecule has 1 aliphatic carbocycles. The summed E-state index contributed by atoms with van der Waals surface area (Å²) in [6.45, 7) is 0. The van der Waals surface area contributed by atoms with Crippen LogP contribution >= 0.6 is 0 Å². The fraction of sp³-hybridized carbons (Fsp3) is 0.500. The Balaban J connectivity index is 1.60. The molecule has 2 heterocycles. The lowest BCUT2D eigenvalue weighted by Crippen LogP contribution is -2.53. The third-order valence-corrected chi connectivity index (χ3v) is 6.00. The van der Waals surface area contributed by atoms with Gasteiger partial charge < -0.3 is 10.2 Å². The molecule has 1 aromatic rings. The number of hydrogen-bond donors (Lipinski definition) is 2. The number of hydrogen-bond acceptors (Lipinski definition) is 5. The summed E-state index contributed by atoms with van der Waals surface area (Å²) in [4.78, 5) is 40.5. The van der Waals surface area contributed by atoms with Gasteiger partial charge >= 0.3 is 0 Å². The van der Waals surface area contributed by atoms with Gasteiger partial charge in [0.2, 0.25) is 5.91 Å². The average molecular weight is 368 g/mol. The second-order valence-corrected chi connectivity index (χ2v) is 7.63. The first-order valence-corrected chi connectivity index (χ1v) is 9.60. The van der Waals surface area contributed by atoms with Crippen LogP contribution in [0.15, 0.2) is 18.2 Å². The van der Waals surface area contributed by atoms with E-state index < -0.39 is 6.04 Å². The highest BCUT2D eigenvalue weighted by molar-refractivity contribution is 6.23. The highest BCUT2D eigenvalue weighted by atomic mass is 16.2. The Bertz CT molecular complexity index is 829. The molecule has 2 N–H and O–H groups in total. The predicted octanol–water partition coefficient (Wildman–Crippen LogP) is 2.31. The molecule has 2 fully saturated rings. The summed E-state index contributed by atoms with van der Waals surface area (Å²) < 4.78 is 0. The zero-order valence-corrected chi connectivity index (χ0v) is 15.5. The minimum atomic E-state index is -0.699. The molecule has 4 rings (SSSR count). The maximum absolute atomic E-state index is 13.0. The van der Waals surface area contributed by atoms with Crippen LogP contribution in [0.1, 0.15) is 65.7 Å². The molecule has 142 valence electrons. The van der Waals surface area contributed by atoms with E-state index in [4.69, 9.17) is 5.41 Å². The fourth-order valence-corrected chi connectivity index (χ4v) is 4.40. The Labute approximate surface area is 158 Å². The molecule has 0 bridgehead atoms. The second kappa shape index (κ2) is 6.79. The van der Waals surface area contributed by atoms with Gasteiger partial charge in [-0.25, -0.2) is 0 Å².